The third-order valence-electron chi connectivity index (χ3n) is 4.76. The molecule has 1 heterocycles. The van der Waals surface area contributed by atoms with E-state index in [1.807, 2.05) is 11.8 Å². The van der Waals surface area contributed by atoms with Gasteiger partial charge in [0.25, 0.3) is 0 Å². The minimum absolute atomic E-state index is 0.00523. The van der Waals surface area contributed by atoms with Crippen LogP contribution in [0.15, 0.2) is 0 Å². The van der Waals surface area contributed by atoms with Crippen molar-refractivity contribution in [3.05, 3.63) is 0 Å². The van der Waals surface area contributed by atoms with Gasteiger partial charge in [-0.15, -0.1) is 0 Å². The molecule has 2 aliphatic carbocycles. The highest BCUT2D eigenvalue weighted by molar-refractivity contribution is 5.87. The van der Waals surface area contributed by atoms with E-state index in [0.29, 0.717) is 24.9 Å². The predicted molar refractivity (Wildman–Crippen MR) is 63.0 cm³/mol. The molecule has 2 atom stereocenters. The molecular formula is C13H20N2O2. The summed E-state index contributed by atoms with van der Waals surface area (Å²) in [5, 5.41) is 0. The van der Waals surface area contributed by atoms with Gasteiger partial charge in [0.1, 0.15) is 0 Å². The Morgan fingerprint density at radius 3 is 2.65 bits per heavy atom. The van der Waals surface area contributed by atoms with Crippen molar-refractivity contribution in [3.8, 4) is 0 Å². The van der Waals surface area contributed by atoms with E-state index in [9.17, 15) is 9.59 Å². The van der Waals surface area contributed by atoms with E-state index < -0.39 is 0 Å². The second-order valence-electron chi connectivity index (χ2n) is 5.67. The average molecular weight is 236 g/mol. The number of carbonyl (C=O) groups is 2. The zero-order chi connectivity index (χ0) is 12.0. The van der Waals surface area contributed by atoms with Gasteiger partial charge in [-0.3, -0.25) is 9.59 Å². The SMILES string of the molecule is CCC(=O)N1CCN(C(=O)C23CCCC2C3)C1. The Labute approximate surface area is 102 Å². The van der Waals surface area contributed by atoms with Gasteiger partial charge in [0, 0.05) is 19.5 Å². The number of nitrogens with zero attached hydrogens (tertiary/aromatic N) is 2. The number of rotatable bonds is 2. The van der Waals surface area contributed by atoms with E-state index in [1.165, 1.54) is 12.8 Å². The minimum Gasteiger partial charge on any atom is -0.323 e. The van der Waals surface area contributed by atoms with Gasteiger partial charge in [-0.1, -0.05) is 13.3 Å². The van der Waals surface area contributed by atoms with E-state index in [4.69, 9.17) is 0 Å². The number of fused-ring (bicyclic) bond motifs is 1. The molecule has 1 saturated heterocycles. The van der Waals surface area contributed by atoms with Gasteiger partial charge in [-0.25, -0.2) is 0 Å². The van der Waals surface area contributed by atoms with Crippen LogP contribution in [-0.2, 0) is 9.59 Å². The highest BCUT2D eigenvalue weighted by atomic mass is 16.2. The smallest absolute Gasteiger partial charge is 0.230 e. The molecule has 17 heavy (non-hydrogen) atoms. The second kappa shape index (κ2) is 3.72. The molecule has 2 amide bonds. The van der Waals surface area contributed by atoms with E-state index in [0.717, 1.165) is 25.9 Å². The fraction of sp³-hybridized carbons (Fsp3) is 0.846. The molecule has 0 spiro atoms. The van der Waals surface area contributed by atoms with Crippen LogP contribution in [0.5, 0.6) is 0 Å². The Balaban J connectivity index is 1.63. The van der Waals surface area contributed by atoms with Crippen molar-refractivity contribution < 1.29 is 9.59 Å². The first-order valence-electron chi connectivity index (χ1n) is 6.74. The van der Waals surface area contributed by atoms with Gasteiger partial charge < -0.3 is 9.80 Å². The molecule has 0 N–H and O–H groups in total. The van der Waals surface area contributed by atoms with Crippen LogP contribution in [-0.4, -0.2) is 41.4 Å². The van der Waals surface area contributed by atoms with E-state index in [2.05, 4.69) is 0 Å². The predicted octanol–water partition coefficient (Wildman–Crippen LogP) is 1.21. The van der Waals surface area contributed by atoms with Gasteiger partial charge in [-0.05, 0) is 25.2 Å². The molecule has 4 nitrogen and oxygen atoms in total. The van der Waals surface area contributed by atoms with Gasteiger partial charge in [0.15, 0.2) is 0 Å². The van der Waals surface area contributed by atoms with Crippen molar-refractivity contribution >= 4 is 11.8 Å². The van der Waals surface area contributed by atoms with Crippen molar-refractivity contribution in [1.29, 1.82) is 0 Å². The molecule has 2 unspecified atom stereocenters. The van der Waals surface area contributed by atoms with Crippen LogP contribution in [0, 0.1) is 11.3 Å². The normalized spacial score (nSPS) is 35.0. The lowest BCUT2D eigenvalue weighted by Crippen LogP contribution is -2.38. The summed E-state index contributed by atoms with van der Waals surface area (Å²) in [6, 6.07) is 0. The lowest BCUT2D eigenvalue weighted by molar-refractivity contribution is -0.138. The lowest BCUT2D eigenvalue weighted by atomic mass is 10.0. The Morgan fingerprint density at radius 1 is 1.29 bits per heavy atom. The standard InChI is InChI=1S/C13H20N2O2/c1-2-11(16)14-6-7-15(9-14)12(17)13-5-3-4-10(13)8-13/h10H,2-9H2,1H3. The monoisotopic (exact) mass is 236 g/mol. The first-order valence-corrected chi connectivity index (χ1v) is 6.74. The molecule has 4 heteroatoms. The van der Waals surface area contributed by atoms with Crippen LogP contribution in [0.4, 0.5) is 0 Å². The van der Waals surface area contributed by atoms with Gasteiger partial charge in [-0.2, -0.15) is 0 Å². The van der Waals surface area contributed by atoms with Crippen LogP contribution >= 0.6 is 0 Å². The summed E-state index contributed by atoms with van der Waals surface area (Å²) in [5.41, 5.74) is 0.00523. The minimum atomic E-state index is 0.00523. The average Bonchev–Trinajstić information content (AvgIpc) is 2.76. The number of hydrogen-bond donors (Lipinski definition) is 0. The van der Waals surface area contributed by atoms with Gasteiger partial charge in [0.05, 0.1) is 12.1 Å². The Hall–Kier alpha value is -1.06. The van der Waals surface area contributed by atoms with Crippen molar-refractivity contribution in [1.82, 2.24) is 9.80 Å². The summed E-state index contributed by atoms with van der Waals surface area (Å²) < 4.78 is 0. The summed E-state index contributed by atoms with van der Waals surface area (Å²) >= 11 is 0. The highest BCUT2D eigenvalue weighted by Gasteiger charge is 2.63. The zero-order valence-corrected chi connectivity index (χ0v) is 10.4. The first kappa shape index (κ1) is 11.1. The molecular weight excluding hydrogens is 216 g/mol. The highest BCUT2D eigenvalue weighted by Crippen LogP contribution is 2.64. The summed E-state index contributed by atoms with van der Waals surface area (Å²) in [5.74, 6) is 1.15. The van der Waals surface area contributed by atoms with Crippen LogP contribution in [0.2, 0.25) is 0 Å². The molecule has 0 bridgehead atoms. The maximum absolute atomic E-state index is 12.5. The van der Waals surface area contributed by atoms with Crippen LogP contribution in [0.3, 0.4) is 0 Å². The zero-order valence-electron chi connectivity index (χ0n) is 10.4. The van der Waals surface area contributed by atoms with Gasteiger partial charge in [0.2, 0.25) is 11.8 Å². The molecule has 3 aliphatic rings. The summed E-state index contributed by atoms with van der Waals surface area (Å²) in [4.78, 5) is 27.7. The summed E-state index contributed by atoms with van der Waals surface area (Å²) in [6.45, 7) is 3.86. The Bertz CT molecular complexity index is 368. The van der Waals surface area contributed by atoms with Crippen molar-refractivity contribution in [3.63, 3.8) is 0 Å². The quantitative estimate of drug-likeness (QED) is 0.723. The summed E-state index contributed by atoms with van der Waals surface area (Å²) in [7, 11) is 0. The number of amides is 2. The van der Waals surface area contributed by atoms with E-state index >= 15 is 0 Å². The largest absolute Gasteiger partial charge is 0.323 e. The fourth-order valence-corrected chi connectivity index (χ4v) is 3.59. The van der Waals surface area contributed by atoms with E-state index in [-0.39, 0.29) is 11.3 Å². The van der Waals surface area contributed by atoms with Crippen molar-refractivity contribution in [2.24, 2.45) is 11.3 Å². The third kappa shape index (κ3) is 1.57. The maximum atomic E-state index is 12.5. The molecule has 1 aliphatic heterocycles. The molecule has 94 valence electrons. The molecule has 0 aromatic rings. The maximum Gasteiger partial charge on any atom is 0.230 e. The molecule has 3 rings (SSSR count). The molecule has 0 radical (unpaired) electrons. The second-order valence-corrected chi connectivity index (χ2v) is 5.67. The number of carbonyl (C=O) groups excluding carboxylic acids is 2. The molecule has 3 fully saturated rings. The first-order chi connectivity index (χ1) is 8.17. The number of hydrogen-bond acceptors (Lipinski definition) is 2. The van der Waals surface area contributed by atoms with E-state index in [1.54, 1.807) is 4.90 Å². The fourth-order valence-electron chi connectivity index (χ4n) is 3.59. The van der Waals surface area contributed by atoms with Crippen molar-refractivity contribution in [2.75, 3.05) is 19.8 Å². The lowest BCUT2D eigenvalue weighted by Gasteiger charge is -2.22. The Kier molecular flexibility index (Phi) is 2.42. The third-order valence-corrected chi connectivity index (χ3v) is 4.76. The molecule has 2 saturated carbocycles. The Morgan fingerprint density at radius 2 is 2.06 bits per heavy atom. The topological polar surface area (TPSA) is 40.6 Å². The molecule has 0 aromatic carbocycles. The van der Waals surface area contributed by atoms with Crippen molar-refractivity contribution in [2.45, 2.75) is 39.0 Å². The van der Waals surface area contributed by atoms with Gasteiger partial charge >= 0.3 is 0 Å². The molecule has 0 aromatic heterocycles. The summed E-state index contributed by atoms with van der Waals surface area (Å²) in [6.07, 6.45) is 5.16. The van der Waals surface area contributed by atoms with Crippen LogP contribution < -0.4 is 0 Å². The van der Waals surface area contributed by atoms with Crippen LogP contribution in [0.1, 0.15) is 39.0 Å². The van der Waals surface area contributed by atoms with Crippen LogP contribution in [0.25, 0.3) is 0 Å².